The van der Waals surface area contributed by atoms with Crippen LogP contribution in [0.3, 0.4) is 0 Å². The van der Waals surface area contributed by atoms with Crippen molar-refractivity contribution in [2.24, 2.45) is 0 Å². The van der Waals surface area contributed by atoms with E-state index in [1.807, 2.05) is 6.92 Å². The van der Waals surface area contributed by atoms with Gasteiger partial charge in [0.1, 0.15) is 4.60 Å². The summed E-state index contributed by atoms with van der Waals surface area (Å²) < 4.78 is 0.952. The molecule has 12 heavy (non-hydrogen) atoms. The lowest BCUT2D eigenvalue weighted by Gasteiger charge is -2.01. The van der Waals surface area contributed by atoms with Crippen LogP contribution in [-0.4, -0.2) is 4.98 Å². The van der Waals surface area contributed by atoms with Crippen molar-refractivity contribution in [1.82, 2.24) is 4.98 Å². The van der Waals surface area contributed by atoms with E-state index in [0.29, 0.717) is 0 Å². The number of nitrogens with zero attached hydrogens (tertiary/aromatic N) is 1. The third-order valence-corrected chi connectivity index (χ3v) is 2.21. The summed E-state index contributed by atoms with van der Waals surface area (Å²) in [5.74, 6) is 0. The number of rotatable bonds is 3. The van der Waals surface area contributed by atoms with Crippen LogP contribution in [0.5, 0.6) is 0 Å². The van der Waals surface area contributed by atoms with Gasteiger partial charge in [0.05, 0.1) is 0 Å². The van der Waals surface area contributed by atoms with Crippen molar-refractivity contribution in [3.05, 3.63) is 28.0 Å². The van der Waals surface area contributed by atoms with Gasteiger partial charge in [0.2, 0.25) is 0 Å². The zero-order valence-corrected chi connectivity index (χ0v) is 9.19. The van der Waals surface area contributed by atoms with Gasteiger partial charge < -0.3 is 0 Å². The van der Waals surface area contributed by atoms with Gasteiger partial charge in [-0.1, -0.05) is 13.3 Å². The van der Waals surface area contributed by atoms with Gasteiger partial charge in [-0.25, -0.2) is 4.98 Å². The third kappa shape index (κ3) is 2.94. The summed E-state index contributed by atoms with van der Waals surface area (Å²) in [7, 11) is 0. The van der Waals surface area contributed by atoms with Gasteiger partial charge in [-0.05, 0) is 53.4 Å². The molecule has 0 N–H and O–H groups in total. The molecule has 1 aromatic rings. The van der Waals surface area contributed by atoms with Gasteiger partial charge in [-0.15, -0.1) is 0 Å². The fourth-order valence-electron chi connectivity index (χ4n) is 1.22. The summed E-state index contributed by atoms with van der Waals surface area (Å²) in [6, 6.07) is 4.25. The van der Waals surface area contributed by atoms with Crippen molar-refractivity contribution in [3.8, 4) is 0 Å². The molecule has 1 aromatic heterocycles. The second kappa shape index (κ2) is 4.61. The summed E-state index contributed by atoms with van der Waals surface area (Å²) in [6.45, 7) is 4.24. The minimum atomic E-state index is 0.952. The van der Waals surface area contributed by atoms with Crippen molar-refractivity contribution in [2.45, 2.75) is 33.1 Å². The molecular weight excluding hydrogens is 214 g/mol. The molecule has 0 unspecified atom stereocenters. The first kappa shape index (κ1) is 9.72. The van der Waals surface area contributed by atoms with Crippen LogP contribution in [0.2, 0.25) is 0 Å². The monoisotopic (exact) mass is 227 g/mol. The highest BCUT2D eigenvalue weighted by Crippen LogP contribution is 2.13. The number of aryl methyl sites for hydroxylation is 2. The first-order valence-corrected chi connectivity index (χ1v) is 5.14. The molecule has 0 saturated carbocycles. The van der Waals surface area contributed by atoms with Crippen molar-refractivity contribution in [1.29, 1.82) is 0 Å². The van der Waals surface area contributed by atoms with E-state index in [2.05, 4.69) is 40.0 Å². The maximum Gasteiger partial charge on any atom is 0.106 e. The number of halogens is 1. The minimum absolute atomic E-state index is 0.952. The quantitative estimate of drug-likeness (QED) is 0.721. The predicted octanol–water partition coefficient (Wildman–Crippen LogP) is 3.50. The average Bonchev–Trinajstić information content (AvgIpc) is 1.99. The molecule has 0 aliphatic heterocycles. The van der Waals surface area contributed by atoms with E-state index < -0.39 is 0 Å². The maximum absolute atomic E-state index is 4.26. The van der Waals surface area contributed by atoms with Crippen molar-refractivity contribution >= 4 is 15.9 Å². The number of hydrogen-bond donors (Lipinski definition) is 0. The fourth-order valence-corrected chi connectivity index (χ4v) is 1.79. The Bertz CT molecular complexity index is 238. The third-order valence-electron chi connectivity index (χ3n) is 1.80. The highest BCUT2D eigenvalue weighted by molar-refractivity contribution is 9.10. The highest BCUT2D eigenvalue weighted by atomic mass is 79.9. The largest absolute Gasteiger partial charge is 0.246 e. The SMILES string of the molecule is CCCCc1cc(C)nc(Br)c1. The number of hydrogen-bond acceptors (Lipinski definition) is 1. The van der Waals surface area contributed by atoms with Gasteiger partial charge >= 0.3 is 0 Å². The van der Waals surface area contributed by atoms with Gasteiger partial charge in [0, 0.05) is 5.69 Å². The van der Waals surface area contributed by atoms with Crippen LogP contribution in [0.1, 0.15) is 31.0 Å². The Hall–Kier alpha value is -0.370. The van der Waals surface area contributed by atoms with Crippen LogP contribution in [0, 0.1) is 6.92 Å². The van der Waals surface area contributed by atoms with E-state index in [1.54, 1.807) is 0 Å². The molecule has 0 saturated heterocycles. The Kier molecular flexibility index (Phi) is 3.73. The lowest BCUT2D eigenvalue weighted by molar-refractivity contribution is 0.792. The number of unbranched alkanes of at least 4 members (excludes halogenated alkanes) is 1. The summed E-state index contributed by atoms with van der Waals surface area (Å²) in [4.78, 5) is 4.26. The Morgan fingerprint density at radius 1 is 1.42 bits per heavy atom. The normalized spacial score (nSPS) is 10.2. The standard InChI is InChI=1S/C10H14BrN/c1-3-4-5-9-6-8(2)12-10(11)7-9/h6-7H,3-5H2,1-2H3. The van der Waals surface area contributed by atoms with E-state index in [-0.39, 0.29) is 0 Å². The second-order valence-corrected chi connectivity index (χ2v) is 3.86. The van der Waals surface area contributed by atoms with Crippen molar-refractivity contribution in [2.75, 3.05) is 0 Å². The summed E-state index contributed by atoms with van der Waals surface area (Å²) in [6.07, 6.45) is 3.67. The zero-order valence-electron chi connectivity index (χ0n) is 7.60. The summed E-state index contributed by atoms with van der Waals surface area (Å²) >= 11 is 3.39. The van der Waals surface area contributed by atoms with Crippen LogP contribution >= 0.6 is 15.9 Å². The lowest BCUT2D eigenvalue weighted by Crippen LogP contribution is -1.89. The smallest absolute Gasteiger partial charge is 0.106 e. The van der Waals surface area contributed by atoms with Gasteiger partial charge in [0.25, 0.3) is 0 Å². The molecule has 2 heteroatoms. The van der Waals surface area contributed by atoms with E-state index in [9.17, 15) is 0 Å². The molecule has 0 fully saturated rings. The van der Waals surface area contributed by atoms with Crippen molar-refractivity contribution < 1.29 is 0 Å². The van der Waals surface area contributed by atoms with Crippen LogP contribution in [0.4, 0.5) is 0 Å². The maximum atomic E-state index is 4.26. The zero-order chi connectivity index (χ0) is 8.97. The molecule has 0 aromatic carbocycles. The predicted molar refractivity (Wildman–Crippen MR) is 55.3 cm³/mol. The van der Waals surface area contributed by atoms with Gasteiger partial charge in [-0.2, -0.15) is 0 Å². The second-order valence-electron chi connectivity index (χ2n) is 3.04. The molecule has 1 heterocycles. The number of pyridine rings is 1. The van der Waals surface area contributed by atoms with E-state index >= 15 is 0 Å². The Morgan fingerprint density at radius 3 is 2.75 bits per heavy atom. The molecule has 1 nitrogen and oxygen atoms in total. The minimum Gasteiger partial charge on any atom is -0.246 e. The van der Waals surface area contributed by atoms with Gasteiger partial charge in [-0.3, -0.25) is 0 Å². The first-order chi connectivity index (χ1) is 5.72. The van der Waals surface area contributed by atoms with Crippen LogP contribution in [0.15, 0.2) is 16.7 Å². The first-order valence-electron chi connectivity index (χ1n) is 4.35. The fraction of sp³-hybridized carbons (Fsp3) is 0.500. The average molecular weight is 228 g/mol. The van der Waals surface area contributed by atoms with Crippen LogP contribution < -0.4 is 0 Å². The molecule has 0 aliphatic rings. The lowest BCUT2D eigenvalue weighted by atomic mass is 10.1. The van der Waals surface area contributed by atoms with E-state index in [4.69, 9.17) is 0 Å². The van der Waals surface area contributed by atoms with E-state index in [0.717, 1.165) is 10.3 Å². The molecule has 0 aliphatic carbocycles. The Morgan fingerprint density at radius 2 is 2.17 bits per heavy atom. The molecule has 66 valence electrons. The molecule has 0 amide bonds. The summed E-state index contributed by atoms with van der Waals surface area (Å²) in [5.41, 5.74) is 2.48. The molecule has 1 rings (SSSR count). The molecule has 0 bridgehead atoms. The van der Waals surface area contributed by atoms with Crippen molar-refractivity contribution in [3.63, 3.8) is 0 Å². The van der Waals surface area contributed by atoms with Crippen LogP contribution in [0.25, 0.3) is 0 Å². The Balaban J connectivity index is 2.72. The highest BCUT2D eigenvalue weighted by Gasteiger charge is 1.96. The summed E-state index contributed by atoms with van der Waals surface area (Å²) in [5, 5.41) is 0. The molecule has 0 radical (unpaired) electrons. The molecule has 0 atom stereocenters. The van der Waals surface area contributed by atoms with E-state index in [1.165, 1.54) is 24.8 Å². The van der Waals surface area contributed by atoms with Gasteiger partial charge in [0.15, 0.2) is 0 Å². The van der Waals surface area contributed by atoms with Crippen LogP contribution in [-0.2, 0) is 6.42 Å². The number of aromatic nitrogens is 1. The topological polar surface area (TPSA) is 12.9 Å². The Labute approximate surface area is 82.3 Å². The molecular formula is C10H14BrN. The molecule has 0 spiro atoms.